The summed E-state index contributed by atoms with van der Waals surface area (Å²) in [5.74, 6) is 1.36. The predicted octanol–water partition coefficient (Wildman–Crippen LogP) is 10.1. The van der Waals surface area contributed by atoms with E-state index in [4.69, 9.17) is 98.4 Å². The zero-order valence-corrected chi connectivity index (χ0v) is 32.1. The van der Waals surface area contributed by atoms with Crippen LogP contribution in [0.3, 0.4) is 0 Å². The minimum absolute atomic E-state index is 0.190. The molecular formula is C33H27Cl7N12. The van der Waals surface area contributed by atoms with Gasteiger partial charge in [0.05, 0.1) is 0 Å². The molecule has 0 amide bonds. The zero-order valence-electron chi connectivity index (χ0n) is 26.8. The van der Waals surface area contributed by atoms with Crippen LogP contribution in [-0.2, 0) is 6.42 Å². The van der Waals surface area contributed by atoms with Gasteiger partial charge in [-0.3, -0.25) is 4.57 Å². The van der Waals surface area contributed by atoms with E-state index < -0.39 is 0 Å². The second-order valence-corrected chi connectivity index (χ2v) is 12.8. The molecule has 19 heteroatoms. The van der Waals surface area contributed by atoms with Crippen molar-refractivity contribution >= 4 is 121 Å². The van der Waals surface area contributed by atoms with Gasteiger partial charge < -0.3 is 22.5 Å². The lowest BCUT2D eigenvalue weighted by Gasteiger charge is -2.08. The average molecular weight is 840 g/mol. The van der Waals surface area contributed by atoms with Gasteiger partial charge in [0, 0.05) is 38.6 Å². The lowest BCUT2D eigenvalue weighted by Crippen LogP contribution is -2.00. The summed E-state index contributed by atoms with van der Waals surface area (Å²) in [6.45, 7) is 2.04. The highest BCUT2D eigenvalue weighted by atomic mass is 35.5. The Morgan fingerprint density at radius 1 is 0.558 bits per heavy atom. The molecule has 0 atom stereocenters. The zero-order chi connectivity index (χ0) is 37.8. The monoisotopic (exact) mass is 836 g/mol. The van der Waals surface area contributed by atoms with E-state index in [2.05, 4.69) is 40.2 Å². The van der Waals surface area contributed by atoms with E-state index in [1.54, 1.807) is 36.4 Å². The summed E-state index contributed by atoms with van der Waals surface area (Å²) in [5, 5.41) is 6.08. The standard InChI is InChI=1S/C13H10Cl2N4.C10H8Cl2N4.C6H6ClN.C4H3Cl2N3/c1-2-10-18-11-12(15)16-7-17-13(11)19(10)9-5-3-8(14)4-6-9;11-6-1-3-7(4-2-6)16-10-8(13)9(12)14-5-15-10;7-5-1-3-6(8)4-2-5;5-3-2(7)4(6)9-1-8-3/h3-7H,2H2,1H3;1-5H,13H2,(H,14,15,16);1-4H,8H2;1H,7H2. The number of nitrogens with one attached hydrogen (secondary N) is 1. The highest BCUT2D eigenvalue weighted by Gasteiger charge is 2.15. The number of hydrogen-bond donors (Lipinski definition) is 4. The highest BCUT2D eigenvalue weighted by molar-refractivity contribution is 6.37. The van der Waals surface area contributed by atoms with E-state index in [1.807, 2.05) is 47.9 Å². The number of nitrogens with zero attached hydrogens (tertiary/aromatic N) is 8. The quantitative estimate of drug-likeness (QED) is 0.0977. The van der Waals surface area contributed by atoms with Crippen LogP contribution in [0.4, 0.5) is 28.6 Å². The Kier molecular flexibility index (Phi) is 15.1. The summed E-state index contributed by atoms with van der Waals surface area (Å²) < 4.78 is 1.97. The Balaban J connectivity index is 0.000000165. The van der Waals surface area contributed by atoms with Crippen LogP contribution in [0.1, 0.15) is 12.7 Å². The fraction of sp³-hybridized carbons (Fsp3) is 0.0606. The highest BCUT2D eigenvalue weighted by Crippen LogP contribution is 2.27. The maximum atomic E-state index is 6.06. The molecule has 268 valence electrons. The van der Waals surface area contributed by atoms with Crippen molar-refractivity contribution in [3.8, 4) is 5.69 Å². The molecule has 0 unspecified atom stereocenters. The molecule has 0 spiro atoms. The Morgan fingerprint density at radius 3 is 1.54 bits per heavy atom. The van der Waals surface area contributed by atoms with E-state index in [0.29, 0.717) is 37.9 Å². The van der Waals surface area contributed by atoms with Crippen molar-refractivity contribution in [2.24, 2.45) is 0 Å². The van der Waals surface area contributed by atoms with Crippen molar-refractivity contribution in [3.05, 3.63) is 133 Å². The number of anilines is 5. The van der Waals surface area contributed by atoms with Gasteiger partial charge in [0.25, 0.3) is 0 Å². The SMILES string of the molecule is CCc1nc2c(Cl)ncnc2n1-c1ccc(Cl)cc1.Nc1c(Cl)ncnc1Cl.Nc1c(Cl)ncnc1Nc1ccc(Cl)cc1.Nc1ccc(Cl)cc1. The first-order chi connectivity index (χ1) is 24.9. The molecule has 7 N–H and O–H groups in total. The van der Waals surface area contributed by atoms with Crippen LogP contribution < -0.4 is 22.5 Å². The molecule has 0 bridgehead atoms. The number of imidazole rings is 1. The molecule has 7 rings (SSSR count). The van der Waals surface area contributed by atoms with Crippen LogP contribution in [0.2, 0.25) is 35.7 Å². The van der Waals surface area contributed by atoms with Crippen molar-refractivity contribution in [1.82, 2.24) is 39.5 Å². The minimum atomic E-state index is 0.190. The molecule has 4 aromatic heterocycles. The minimum Gasteiger partial charge on any atom is -0.399 e. The molecular weight excluding hydrogens is 813 g/mol. The van der Waals surface area contributed by atoms with Crippen molar-refractivity contribution in [2.45, 2.75) is 13.3 Å². The fourth-order valence-corrected chi connectivity index (χ4v) is 4.97. The summed E-state index contributed by atoms with van der Waals surface area (Å²) in [6, 6.07) is 21.8. The van der Waals surface area contributed by atoms with E-state index in [0.717, 1.165) is 34.3 Å². The topological polar surface area (TPSA) is 185 Å². The number of nitrogen functional groups attached to an aromatic ring is 3. The van der Waals surface area contributed by atoms with Gasteiger partial charge in [-0.05, 0) is 72.8 Å². The van der Waals surface area contributed by atoms with Crippen molar-refractivity contribution in [2.75, 3.05) is 22.5 Å². The Bertz CT molecular complexity index is 2180. The number of aryl methyl sites for hydroxylation is 1. The maximum Gasteiger partial charge on any atom is 0.169 e. The number of halogens is 7. The smallest absolute Gasteiger partial charge is 0.169 e. The average Bonchev–Trinajstić information content (AvgIpc) is 3.53. The van der Waals surface area contributed by atoms with Crippen LogP contribution in [0, 0.1) is 0 Å². The first-order valence-corrected chi connectivity index (χ1v) is 17.4. The van der Waals surface area contributed by atoms with Crippen LogP contribution in [0.15, 0.2) is 91.8 Å². The van der Waals surface area contributed by atoms with Gasteiger partial charge in [0.2, 0.25) is 0 Å². The Labute approximate surface area is 333 Å². The van der Waals surface area contributed by atoms with Gasteiger partial charge in [0.1, 0.15) is 41.7 Å². The maximum absolute atomic E-state index is 6.06. The molecule has 0 saturated carbocycles. The summed E-state index contributed by atoms with van der Waals surface area (Å²) in [6.07, 6.45) is 4.81. The van der Waals surface area contributed by atoms with E-state index in [-0.39, 0.29) is 21.1 Å². The summed E-state index contributed by atoms with van der Waals surface area (Å²) in [5.41, 5.74) is 20.8. The van der Waals surface area contributed by atoms with Crippen LogP contribution in [0.5, 0.6) is 0 Å². The summed E-state index contributed by atoms with van der Waals surface area (Å²) in [4.78, 5) is 27.7. The van der Waals surface area contributed by atoms with Gasteiger partial charge >= 0.3 is 0 Å². The predicted molar refractivity (Wildman–Crippen MR) is 215 cm³/mol. The third-order valence-electron chi connectivity index (χ3n) is 6.47. The van der Waals surface area contributed by atoms with Crippen LogP contribution >= 0.6 is 81.2 Å². The van der Waals surface area contributed by atoms with E-state index in [9.17, 15) is 0 Å². The summed E-state index contributed by atoms with van der Waals surface area (Å²) in [7, 11) is 0. The number of aromatic nitrogens is 8. The van der Waals surface area contributed by atoms with E-state index >= 15 is 0 Å². The molecule has 52 heavy (non-hydrogen) atoms. The number of hydrogen-bond acceptors (Lipinski definition) is 11. The third kappa shape index (κ3) is 11.3. The van der Waals surface area contributed by atoms with E-state index in [1.165, 1.54) is 19.0 Å². The van der Waals surface area contributed by atoms with Crippen molar-refractivity contribution in [1.29, 1.82) is 0 Å². The first-order valence-electron chi connectivity index (χ1n) is 14.7. The van der Waals surface area contributed by atoms with Crippen molar-refractivity contribution < 1.29 is 0 Å². The summed E-state index contributed by atoms with van der Waals surface area (Å²) >= 11 is 40.0. The molecule has 0 aliphatic carbocycles. The number of nitrogens with two attached hydrogens (primary N) is 3. The lowest BCUT2D eigenvalue weighted by atomic mass is 10.3. The second-order valence-electron chi connectivity index (χ2n) is 10.0. The fourth-order valence-electron chi connectivity index (χ4n) is 3.97. The van der Waals surface area contributed by atoms with Gasteiger partial charge in [-0.2, -0.15) is 0 Å². The number of rotatable bonds is 4. The third-order valence-corrected chi connectivity index (χ3v) is 8.41. The normalized spacial score (nSPS) is 10.2. The Morgan fingerprint density at radius 2 is 1.02 bits per heavy atom. The molecule has 4 heterocycles. The molecule has 0 saturated heterocycles. The molecule has 12 nitrogen and oxygen atoms in total. The Hall–Kier alpha value is -4.40. The van der Waals surface area contributed by atoms with Gasteiger partial charge in [-0.1, -0.05) is 88.1 Å². The molecule has 0 aliphatic rings. The molecule has 7 aromatic rings. The number of benzene rings is 3. The first kappa shape index (κ1) is 40.4. The van der Waals surface area contributed by atoms with Crippen LogP contribution in [0.25, 0.3) is 16.9 Å². The second kappa shape index (κ2) is 19.4. The van der Waals surface area contributed by atoms with Gasteiger partial charge in [0.15, 0.2) is 32.1 Å². The largest absolute Gasteiger partial charge is 0.399 e. The molecule has 0 aliphatic heterocycles. The van der Waals surface area contributed by atoms with Gasteiger partial charge in [-0.15, -0.1) is 0 Å². The van der Waals surface area contributed by atoms with Crippen molar-refractivity contribution in [3.63, 3.8) is 0 Å². The molecule has 0 fully saturated rings. The number of fused-ring (bicyclic) bond motifs is 1. The molecule has 0 radical (unpaired) electrons. The lowest BCUT2D eigenvalue weighted by molar-refractivity contribution is 0.901. The van der Waals surface area contributed by atoms with Gasteiger partial charge in [-0.25, -0.2) is 34.9 Å². The molecule has 3 aromatic carbocycles. The van der Waals surface area contributed by atoms with Crippen LogP contribution in [-0.4, -0.2) is 39.5 Å².